The van der Waals surface area contributed by atoms with E-state index in [2.05, 4.69) is 86.8 Å². The largest absolute Gasteiger partial charge is 0.472 e. The van der Waals surface area contributed by atoms with Gasteiger partial charge in [0.15, 0.2) is 0 Å². The molecule has 0 aliphatic heterocycles. The van der Waals surface area contributed by atoms with Gasteiger partial charge in [-0.1, -0.05) is 164 Å². The highest BCUT2D eigenvalue weighted by atomic mass is 31.2. The van der Waals surface area contributed by atoms with Crippen LogP contribution in [0.2, 0.25) is 0 Å². The predicted molar refractivity (Wildman–Crippen MR) is 242 cm³/mol. The summed E-state index contributed by atoms with van der Waals surface area (Å²) >= 11 is 0. The number of aliphatic hydroxyl groups is 2. The number of esters is 1. The van der Waals surface area contributed by atoms with E-state index in [4.69, 9.17) is 23.6 Å². The first-order valence-corrected chi connectivity index (χ1v) is 24.4. The van der Waals surface area contributed by atoms with Gasteiger partial charge < -0.3 is 24.6 Å². The monoisotopic (exact) mass is 837 g/mol. The quantitative estimate of drug-likeness (QED) is 0.0238. The first kappa shape index (κ1) is 55.9. The smallest absolute Gasteiger partial charge is 0.457 e. The fourth-order valence-electron chi connectivity index (χ4n) is 5.91. The van der Waals surface area contributed by atoms with E-state index in [0.29, 0.717) is 6.61 Å². The Kier molecular flexibility index (Phi) is 42.8. The summed E-state index contributed by atoms with van der Waals surface area (Å²) in [5.74, 6) is -0.402. The van der Waals surface area contributed by atoms with Gasteiger partial charge in [0.2, 0.25) is 0 Å². The average molecular weight is 837 g/mol. The van der Waals surface area contributed by atoms with Crippen LogP contribution in [0.5, 0.6) is 0 Å². The van der Waals surface area contributed by atoms with Crippen molar-refractivity contribution < 1.29 is 43.0 Å². The number of unbranched alkanes of at least 4 members (excludes halogenated alkanes) is 17. The second kappa shape index (κ2) is 44.5. The Labute approximate surface area is 354 Å². The summed E-state index contributed by atoms with van der Waals surface area (Å²) in [7, 11) is -4.54. The Morgan fingerprint density at radius 3 is 1.50 bits per heavy atom. The van der Waals surface area contributed by atoms with E-state index in [9.17, 15) is 19.4 Å². The molecular weight excluding hydrogens is 751 g/mol. The first-order chi connectivity index (χ1) is 28.3. The highest BCUT2D eigenvalue weighted by Gasteiger charge is 2.26. The molecule has 0 spiro atoms. The molecule has 0 aromatic heterocycles. The summed E-state index contributed by atoms with van der Waals surface area (Å²) in [6.07, 6.45) is 52.9. The minimum absolute atomic E-state index is 0.0160. The lowest BCUT2D eigenvalue weighted by molar-refractivity contribution is -0.154. The second-order valence-electron chi connectivity index (χ2n) is 15.0. The number of hydrogen-bond donors (Lipinski definition) is 3. The van der Waals surface area contributed by atoms with Crippen LogP contribution in [0.25, 0.3) is 0 Å². The molecule has 3 atom stereocenters. The zero-order valence-electron chi connectivity index (χ0n) is 36.7. The molecule has 0 fully saturated rings. The molecule has 0 aromatic carbocycles. The maximum absolute atomic E-state index is 12.6. The summed E-state index contributed by atoms with van der Waals surface area (Å²) in [6, 6.07) is 0. The molecule has 336 valence electrons. The molecule has 58 heavy (non-hydrogen) atoms. The third kappa shape index (κ3) is 43.5. The number of allylic oxidation sites excluding steroid dienone is 12. The standard InChI is InChI=1S/C48H85O9P/c1-3-5-7-9-11-13-15-17-19-21-23-24-26-28-30-32-34-36-38-40-48(51)57-47(45-56-58(52,53)55-43-46(50)42-49)44-54-41-39-37-35-33-31-29-27-25-22-20-18-16-14-12-10-8-6-4-2/h6,8,12,14,17-20,25,27,31,33,46-47,49-50H,3-5,7,9-11,13,15-16,21-24,26,28-30,32,34-45H2,1-2H3,(H,52,53)/b8-6-,14-12-,19-17-,20-18-,27-25-,33-31-. The van der Waals surface area contributed by atoms with Crippen molar-refractivity contribution in [1.29, 1.82) is 0 Å². The van der Waals surface area contributed by atoms with E-state index in [-0.39, 0.29) is 13.0 Å². The highest BCUT2D eigenvalue weighted by Crippen LogP contribution is 2.43. The lowest BCUT2D eigenvalue weighted by atomic mass is 10.1. The van der Waals surface area contributed by atoms with E-state index in [1.54, 1.807) is 0 Å². The molecular formula is C48H85O9P. The summed E-state index contributed by atoms with van der Waals surface area (Å²) < 4.78 is 33.4. The van der Waals surface area contributed by atoms with Crippen LogP contribution < -0.4 is 0 Å². The Balaban J connectivity index is 4.23. The van der Waals surface area contributed by atoms with Crippen molar-refractivity contribution >= 4 is 13.8 Å². The van der Waals surface area contributed by atoms with Gasteiger partial charge in [0.25, 0.3) is 0 Å². The molecule has 3 N–H and O–H groups in total. The number of hydrogen-bond acceptors (Lipinski definition) is 8. The van der Waals surface area contributed by atoms with Crippen molar-refractivity contribution in [3.63, 3.8) is 0 Å². The second-order valence-corrected chi connectivity index (χ2v) is 16.5. The molecule has 0 bridgehead atoms. The first-order valence-electron chi connectivity index (χ1n) is 22.9. The van der Waals surface area contributed by atoms with Gasteiger partial charge in [-0.2, -0.15) is 0 Å². The van der Waals surface area contributed by atoms with Crippen LogP contribution in [0.3, 0.4) is 0 Å². The summed E-state index contributed by atoms with van der Waals surface area (Å²) in [5, 5.41) is 18.4. The minimum atomic E-state index is -4.54. The van der Waals surface area contributed by atoms with E-state index in [1.807, 2.05) is 0 Å². The number of ether oxygens (including phenoxy) is 2. The lowest BCUT2D eigenvalue weighted by Crippen LogP contribution is -2.29. The van der Waals surface area contributed by atoms with Crippen LogP contribution in [0.15, 0.2) is 72.9 Å². The molecule has 0 aliphatic rings. The van der Waals surface area contributed by atoms with Crippen molar-refractivity contribution in [1.82, 2.24) is 0 Å². The predicted octanol–water partition coefficient (Wildman–Crippen LogP) is 12.9. The molecule has 0 rings (SSSR count). The van der Waals surface area contributed by atoms with Crippen LogP contribution >= 0.6 is 7.82 Å². The Morgan fingerprint density at radius 1 is 0.552 bits per heavy atom. The van der Waals surface area contributed by atoms with Gasteiger partial charge in [-0.15, -0.1) is 0 Å². The normalized spacial score (nSPS) is 14.6. The van der Waals surface area contributed by atoms with Gasteiger partial charge in [-0.3, -0.25) is 13.8 Å². The van der Waals surface area contributed by atoms with Crippen LogP contribution in [-0.4, -0.2) is 66.3 Å². The van der Waals surface area contributed by atoms with Crippen molar-refractivity contribution in [2.24, 2.45) is 0 Å². The molecule has 3 unspecified atom stereocenters. The van der Waals surface area contributed by atoms with E-state index >= 15 is 0 Å². The van der Waals surface area contributed by atoms with Crippen LogP contribution in [0.1, 0.15) is 181 Å². The Morgan fingerprint density at radius 2 is 0.983 bits per heavy atom. The molecule has 0 aromatic rings. The molecule has 0 saturated heterocycles. The van der Waals surface area contributed by atoms with Crippen LogP contribution in [-0.2, 0) is 27.9 Å². The van der Waals surface area contributed by atoms with Crippen LogP contribution in [0.4, 0.5) is 0 Å². The third-order valence-corrected chi connectivity index (χ3v) is 10.3. The number of rotatable bonds is 43. The number of phosphoric acid groups is 1. The summed E-state index contributed by atoms with van der Waals surface area (Å²) in [4.78, 5) is 22.6. The molecule has 10 heteroatoms. The zero-order valence-corrected chi connectivity index (χ0v) is 37.6. The number of carbonyl (C=O) groups excluding carboxylic acids is 1. The molecule has 0 saturated carbocycles. The fraction of sp³-hybridized carbons (Fsp3) is 0.729. The number of aliphatic hydroxyl groups excluding tert-OH is 2. The molecule has 0 amide bonds. The average Bonchev–Trinajstić information content (AvgIpc) is 3.21. The number of phosphoric ester groups is 1. The zero-order chi connectivity index (χ0) is 42.5. The molecule has 0 heterocycles. The maximum atomic E-state index is 12.6. The Bertz CT molecular complexity index is 1130. The van der Waals surface area contributed by atoms with Gasteiger partial charge in [0, 0.05) is 13.0 Å². The Hall–Kier alpha value is -2.10. The van der Waals surface area contributed by atoms with Gasteiger partial charge in [-0.25, -0.2) is 4.57 Å². The summed E-state index contributed by atoms with van der Waals surface area (Å²) in [5.41, 5.74) is 0. The minimum Gasteiger partial charge on any atom is -0.457 e. The van der Waals surface area contributed by atoms with Crippen LogP contribution in [0, 0.1) is 0 Å². The fourth-order valence-corrected chi connectivity index (χ4v) is 6.70. The summed E-state index contributed by atoms with van der Waals surface area (Å²) in [6.45, 7) is 3.28. The van der Waals surface area contributed by atoms with Crippen molar-refractivity contribution in [3.05, 3.63) is 72.9 Å². The van der Waals surface area contributed by atoms with Crippen molar-refractivity contribution in [3.8, 4) is 0 Å². The maximum Gasteiger partial charge on any atom is 0.472 e. The number of carbonyl (C=O) groups is 1. The van der Waals surface area contributed by atoms with Gasteiger partial charge in [-0.05, 0) is 83.5 Å². The van der Waals surface area contributed by atoms with Crippen molar-refractivity contribution in [2.75, 3.05) is 33.0 Å². The van der Waals surface area contributed by atoms with E-state index in [0.717, 1.165) is 77.0 Å². The molecule has 0 aliphatic carbocycles. The van der Waals surface area contributed by atoms with E-state index < -0.39 is 45.8 Å². The topological polar surface area (TPSA) is 132 Å². The molecule has 0 radical (unpaired) electrons. The van der Waals surface area contributed by atoms with Crippen molar-refractivity contribution in [2.45, 2.75) is 193 Å². The van der Waals surface area contributed by atoms with Gasteiger partial charge in [0.1, 0.15) is 12.2 Å². The van der Waals surface area contributed by atoms with Gasteiger partial charge >= 0.3 is 13.8 Å². The molecule has 9 nitrogen and oxygen atoms in total. The SMILES string of the molecule is CC/C=C\C/C=C\C/C=C\C/C=C\C/C=C\CCCCOCC(COP(=O)(O)OCC(O)CO)OC(=O)CCCCCCCCCCC/C=C\CCCCCCCC. The lowest BCUT2D eigenvalue weighted by Gasteiger charge is -2.20. The highest BCUT2D eigenvalue weighted by molar-refractivity contribution is 7.47. The van der Waals surface area contributed by atoms with E-state index in [1.165, 1.54) is 83.5 Å². The van der Waals surface area contributed by atoms with Gasteiger partial charge in [0.05, 0.1) is 26.4 Å². The third-order valence-electron chi connectivity index (χ3n) is 9.38.